The van der Waals surface area contributed by atoms with E-state index in [4.69, 9.17) is 0 Å². The van der Waals surface area contributed by atoms with E-state index in [0.29, 0.717) is 23.7 Å². The summed E-state index contributed by atoms with van der Waals surface area (Å²) in [6.45, 7) is 25.4. The molecule has 2 N–H and O–H groups in total. The van der Waals surface area contributed by atoms with E-state index in [1.54, 1.807) is 12.7 Å². The van der Waals surface area contributed by atoms with Crippen LogP contribution in [0.15, 0.2) is 12.7 Å². The molecule has 2 aromatic heterocycles. The van der Waals surface area contributed by atoms with E-state index in [-0.39, 0.29) is 0 Å². The molecule has 0 aromatic carbocycles. The molecule has 0 bridgehead atoms. The Balaban J connectivity index is 0. The predicted octanol–water partition coefficient (Wildman–Crippen LogP) is 7.37. The smallest absolute Gasteiger partial charge is 0.0925 e. The normalized spacial score (nSPS) is 10.2. The average Bonchev–Trinajstić information content (AvgIpc) is 3.28. The third kappa shape index (κ3) is 8.68. The fourth-order valence-electron chi connectivity index (χ4n) is 2.47. The number of nitrogens with one attached hydrogen (secondary N) is 2. The van der Waals surface area contributed by atoms with Gasteiger partial charge in [-0.3, -0.25) is 0 Å². The molecular weight excluding hydrogens is 320 g/mol. The lowest BCUT2D eigenvalue weighted by Crippen LogP contribution is -1.96. The second-order valence-electron chi connectivity index (χ2n) is 7.02. The zero-order chi connectivity index (χ0) is 20.9. The summed E-state index contributed by atoms with van der Waals surface area (Å²) in [5, 5.41) is 0. The van der Waals surface area contributed by atoms with Gasteiger partial charge in [0.15, 0.2) is 0 Å². The molecular formula is C22H44N4. The van der Waals surface area contributed by atoms with Gasteiger partial charge in [-0.2, -0.15) is 0 Å². The molecule has 0 fully saturated rings. The number of aromatic amines is 2. The summed E-state index contributed by atoms with van der Waals surface area (Å²) in [5.41, 5.74) is 4.97. The van der Waals surface area contributed by atoms with Crippen molar-refractivity contribution in [3.8, 4) is 0 Å². The molecule has 0 aliphatic heterocycles. The molecule has 4 nitrogen and oxygen atoms in total. The molecule has 4 heteroatoms. The van der Waals surface area contributed by atoms with Crippen LogP contribution in [0.2, 0.25) is 0 Å². The maximum atomic E-state index is 4.28. The van der Waals surface area contributed by atoms with E-state index in [2.05, 4.69) is 75.3 Å². The third-order valence-electron chi connectivity index (χ3n) is 3.65. The summed E-state index contributed by atoms with van der Waals surface area (Å²) in [5.74, 6) is 2.15. The van der Waals surface area contributed by atoms with Gasteiger partial charge in [0.1, 0.15) is 0 Å². The molecule has 2 rings (SSSR count). The molecule has 2 heterocycles. The molecule has 26 heavy (non-hydrogen) atoms. The van der Waals surface area contributed by atoms with Crippen molar-refractivity contribution in [3.05, 3.63) is 35.4 Å². The first-order valence-corrected chi connectivity index (χ1v) is 10.3. The Morgan fingerprint density at radius 3 is 0.962 bits per heavy atom. The van der Waals surface area contributed by atoms with Gasteiger partial charge in [0, 0.05) is 11.4 Å². The van der Waals surface area contributed by atoms with Crippen LogP contribution in [0.3, 0.4) is 0 Å². The van der Waals surface area contributed by atoms with Crippen LogP contribution in [0.1, 0.15) is 130 Å². The van der Waals surface area contributed by atoms with E-state index in [9.17, 15) is 0 Å². The van der Waals surface area contributed by atoms with E-state index in [1.807, 2.05) is 27.7 Å². The molecule has 0 amide bonds. The van der Waals surface area contributed by atoms with Crippen LogP contribution in [-0.2, 0) is 0 Å². The van der Waals surface area contributed by atoms with Crippen LogP contribution in [0.25, 0.3) is 0 Å². The molecule has 0 aliphatic rings. The Morgan fingerprint density at radius 2 is 0.808 bits per heavy atom. The zero-order valence-corrected chi connectivity index (χ0v) is 19.4. The SMILES string of the molecule is CC.CC.CC(C)c1nc[nH]c1C(C)C.CC(C)c1nc[nH]c1C(C)C. The van der Waals surface area contributed by atoms with Gasteiger partial charge in [-0.1, -0.05) is 83.1 Å². The van der Waals surface area contributed by atoms with Gasteiger partial charge in [-0.15, -0.1) is 0 Å². The van der Waals surface area contributed by atoms with Crippen molar-refractivity contribution in [2.24, 2.45) is 0 Å². The highest BCUT2D eigenvalue weighted by molar-refractivity contribution is 5.18. The summed E-state index contributed by atoms with van der Waals surface area (Å²) < 4.78 is 0. The van der Waals surface area contributed by atoms with Gasteiger partial charge in [0.25, 0.3) is 0 Å². The van der Waals surface area contributed by atoms with Crippen LogP contribution < -0.4 is 0 Å². The first-order valence-electron chi connectivity index (χ1n) is 10.3. The summed E-state index contributed by atoms with van der Waals surface area (Å²) in [7, 11) is 0. The summed E-state index contributed by atoms with van der Waals surface area (Å²) in [6.07, 6.45) is 3.56. The maximum Gasteiger partial charge on any atom is 0.0925 e. The first kappa shape index (κ1) is 26.6. The van der Waals surface area contributed by atoms with Gasteiger partial charge < -0.3 is 9.97 Å². The number of nitrogens with zero attached hydrogens (tertiary/aromatic N) is 2. The van der Waals surface area contributed by atoms with Gasteiger partial charge in [-0.05, 0) is 23.7 Å². The Bertz CT molecular complexity index is 453. The van der Waals surface area contributed by atoms with Gasteiger partial charge in [0.05, 0.1) is 24.0 Å². The highest BCUT2D eigenvalue weighted by Crippen LogP contribution is 2.22. The lowest BCUT2D eigenvalue weighted by molar-refractivity contribution is 0.759. The first-order chi connectivity index (χ1) is 12.3. The molecule has 0 saturated heterocycles. The van der Waals surface area contributed by atoms with Crippen molar-refractivity contribution < 1.29 is 0 Å². The highest BCUT2D eigenvalue weighted by atomic mass is 14.9. The number of hydrogen-bond donors (Lipinski definition) is 2. The van der Waals surface area contributed by atoms with Crippen molar-refractivity contribution in [2.45, 2.75) is 107 Å². The lowest BCUT2D eigenvalue weighted by Gasteiger charge is -2.07. The van der Waals surface area contributed by atoms with Gasteiger partial charge in [-0.25, -0.2) is 9.97 Å². The second-order valence-corrected chi connectivity index (χ2v) is 7.02. The standard InChI is InChI=1S/2C9H16N2.2C2H6/c2*1-6(2)8-9(7(3)4)11-5-10-8;2*1-2/h2*5-7H,1-4H3,(H,10,11);2*1-2H3. The summed E-state index contributed by atoms with van der Waals surface area (Å²) >= 11 is 0. The van der Waals surface area contributed by atoms with Gasteiger partial charge in [0.2, 0.25) is 0 Å². The Hall–Kier alpha value is -1.58. The number of aromatic nitrogens is 4. The Labute approximate surface area is 162 Å². The molecule has 2 aromatic rings. The highest BCUT2D eigenvalue weighted by Gasteiger charge is 2.12. The van der Waals surface area contributed by atoms with E-state index < -0.39 is 0 Å². The maximum absolute atomic E-state index is 4.28. The minimum Gasteiger partial charge on any atom is -0.348 e. The summed E-state index contributed by atoms with van der Waals surface area (Å²) in [4.78, 5) is 14.9. The largest absolute Gasteiger partial charge is 0.348 e. The Morgan fingerprint density at radius 1 is 0.538 bits per heavy atom. The van der Waals surface area contributed by atoms with Crippen LogP contribution in [0.4, 0.5) is 0 Å². The molecule has 0 radical (unpaired) electrons. The van der Waals surface area contributed by atoms with E-state index in [1.165, 1.54) is 22.8 Å². The number of H-pyrrole nitrogens is 2. The van der Waals surface area contributed by atoms with Crippen LogP contribution >= 0.6 is 0 Å². The van der Waals surface area contributed by atoms with Crippen molar-refractivity contribution in [3.63, 3.8) is 0 Å². The fourth-order valence-corrected chi connectivity index (χ4v) is 2.47. The third-order valence-corrected chi connectivity index (χ3v) is 3.65. The minimum absolute atomic E-state index is 0.527. The number of hydrogen-bond acceptors (Lipinski definition) is 2. The molecule has 0 saturated carbocycles. The predicted molar refractivity (Wildman–Crippen MR) is 116 cm³/mol. The van der Waals surface area contributed by atoms with Crippen molar-refractivity contribution >= 4 is 0 Å². The van der Waals surface area contributed by atoms with Crippen molar-refractivity contribution in [2.75, 3.05) is 0 Å². The van der Waals surface area contributed by atoms with Crippen molar-refractivity contribution in [1.82, 2.24) is 19.9 Å². The van der Waals surface area contributed by atoms with Crippen LogP contribution in [-0.4, -0.2) is 19.9 Å². The fraction of sp³-hybridized carbons (Fsp3) is 0.727. The van der Waals surface area contributed by atoms with Crippen LogP contribution in [0.5, 0.6) is 0 Å². The Kier molecular flexibility index (Phi) is 14.9. The molecule has 0 atom stereocenters. The molecule has 0 spiro atoms. The number of imidazole rings is 2. The average molecular weight is 365 g/mol. The molecule has 0 unspecified atom stereocenters. The van der Waals surface area contributed by atoms with E-state index in [0.717, 1.165) is 0 Å². The summed E-state index contributed by atoms with van der Waals surface area (Å²) in [6, 6.07) is 0. The van der Waals surface area contributed by atoms with Crippen LogP contribution in [0, 0.1) is 0 Å². The zero-order valence-electron chi connectivity index (χ0n) is 19.4. The number of rotatable bonds is 4. The molecule has 152 valence electrons. The monoisotopic (exact) mass is 364 g/mol. The topological polar surface area (TPSA) is 57.4 Å². The van der Waals surface area contributed by atoms with Gasteiger partial charge >= 0.3 is 0 Å². The van der Waals surface area contributed by atoms with Crippen molar-refractivity contribution in [1.29, 1.82) is 0 Å². The quantitative estimate of drug-likeness (QED) is 0.595. The van der Waals surface area contributed by atoms with E-state index >= 15 is 0 Å². The second kappa shape index (κ2) is 14.6. The minimum atomic E-state index is 0.527. The lowest BCUT2D eigenvalue weighted by atomic mass is 10.0. The molecule has 0 aliphatic carbocycles.